The SMILES string of the molecule is CN(C)c1ncnc2c1ncn2CCN1C(=O)c2ccccc2C1=O. The zero-order valence-electron chi connectivity index (χ0n) is 13.9. The lowest BCUT2D eigenvalue weighted by Crippen LogP contribution is -2.32. The largest absolute Gasteiger partial charge is 0.361 e. The van der Waals surface area contributed by atoms with E-state index >= 15 is 0 Å². The molecule has 1 aromatic carbocycles. The van der Waals surface area contributed by atoms with Gasteiger partial charge in [-0.3, -0.25) is 14.5 Å². The smallest absolute Gasteiger partial charge is 0.261 e. The van der Waals surface area contributed by atoms with E-state index in [0.717, 1.165) is 5.82 Å². The van der Waals surface area contributed by atoms with E-state index in [4.69, 9.17) is 0 Å². The van der Waals surface area contributed by atoms with Crippen LogP contribution in [0.25, 0.3) is 11.2 Å². The average Bonchev–Trinajstić information content (AvgIpc) is 3.13. The first kappa shape index (κ1) is 15.3. The molecule has 25 heavy (non-hydrogen) atoms. The predicted octanol–water partition coefficient (Wildman–Crippen LogP) is 1.19. The van der Waals surface area contributed by atoms with Crippen molar-refractivity contribution in [2.45, 2.75) is 6.54 Å². The van der Waals surface area contributed by atoms with Gasteiger partial charge in [-0.25, -0.2) is 15.0 Å². The van der Waals surface area contributed by atoms with Gasteiger partial charge in [0.2, 0.25) is 0 Å². The minimum absolute atomic E-state index is 0.256. The third kappa shape index (κ3) is 2.34. The van der Waals surface area contributed by atoms with Gasteiger partial charge in [-0.1, -0.05) is 12.1 Å². The van der Waals surface area contributed by atoms with Crippen molar-refractivity contribution in [2.75, 3.05) is 25.5 Å². The Morgan fingerprint density at radius 1 is 0.960 bits per heavy atom. The molecule has 2 amide bonds. The molecule has 2 aromatic heterocycles. The van der Waals surface area contributed by atoms with Crippen LogP contribution in [0.4, 0.5) is 5.82 Å². The molecule has 0 saturated carbocycles. The fraction of sp³-hybridized carbons (Fsp3) is 0.235. The van der Waals surface area contributed by atoms with E-state index in [1.165, 1.54) is 11.2 Å². The molecule has 1 aliphatic heterocycles. The number of carbonyl (C=O) groups excluding carboxylic acids is 2. The Labute approximate surface area is 143 Å². The fourth-order valence-corrected chi connectivity index (χ4v) is 3.01. The maximum Gasteiger partial charge on any atom is 0.261 e. The summed E-state index contributed by atoms with van der Waals surface area (Å²) in [5, 5.41) is 0. The van der Waals surface area contributed by atoms with Crippen molar-refractivity contribution in [3.8, 4) is 0 Å². The molecule has 0 aliphatic carbocycles. The molecular weight excluding hydrogens is 320 g/mol. The molecule has 0 atom stereocenters. The third-order valence-corrected chi connectivity index (χ3v) is 4.25. The minimum atomic E-state index is -0.256. The van der Waals surface area contributed by atoms with E-state index in [-0.39, 0.29) is 18.4 Å². The highest BCUT2D eigenvalue weighted by Gasteiger charge is 2.34. The Balaban J connectivity index is 1.59. The molecule has 0 bridgehead atoms. The topological polar surface area (TPSA) is 84.2 Å². The van der Waals surface area contributed by atoms with Crippen LogP contribution >= 0.6 is 0 Å². The number of fused-ring (bicyclic) bond motifs is 2. The average molecular weight is 336 g/mol. The summed E-state index contributed by atoms with van der Waals surface area (Å²) in [5.41, 5.74) is 2.28. The number of hydrogen-bond acceptors (Lipinski definition) is 6. The van der Waals surface area contributed by atoms with Gasteiger partial charge in [0, 0.05) is 27.2 Å². The molecule has 0 unspecified atom stereocenters. The second kappa shape index (κ2) is 5.66. The highest BCUT2D eigenvalue weighted by atomic mass is 16.2. The third-order valence-electron chi connectivity index (χ3n) is 4.25. The minimum Gasteiger partial charge on any atom is -0.361 e. The van der Waals surface area contributed by atoms with Crippen LogP contribution in [0.15, 0.2) is 36.9 Å². The van der Waals surface area contributed by atoms with Gasteiger partial charge in [0.1, 0.15) is 6.33 Å². The van der Waals surface area contributed by atoms with Gasteiger partial charge >= 0.3 is 0 Å². The van der Waals surface area contributed by atoms with Crippen LogP contribution < -0.4 is 4.90 Å². The number of imidazole rings is 1. The summed E-state index contributed by atoms with van der Waals surface area (Å²) in [6.07, 6.45) is 3.14. The van der Waals surface area contributed by atoms with Crippen molar-refractivity contribution in [1.82, 2.24) is 24.4 Å². The Morgan fingerprint density at radius 2 is 1.64 bits per heavy atom. The van der Waals surface area contributed by atoms with Gasteiger partial charge in [-0.15, -0.1) is 0 Å². The van der Waals surface area contributed by atoms with Crippen molar-refractivity contribution >= 4 is 28.8 Å². The second-order valence-corrected chi connectivity index (χ2v) is 6.01. The van der Waals surface area contributed by atoms with E-state index in [9.17, 15) is 9.59 Å². The van der Waals surface area contributed by atoms with Gasteiger partial charge in [0.25, 0.3) is 11.8 Å². The number of hydrogen-bond donors (Lipinski definition) is 0. The Kier molecular flexibility index (Phi) is 3.45. The number of benzene rings is 1. The first-order chi connectivity index (χ1) is 12.1. The van der Waals surface area contributed by atoms with E-state index in [1.54, 1.807) is 30.6 Å². The fourth-order valence-electron chi connectivity index (χ4n) is 3.01. The highest BCUT2D eigenvalue weighted by Crippen LogP contribution is 2.23. The summed E-state index contributed by atoms with van der Waals surface area (Å²) < 4.78 is 1.83. The number of imide groups is 1. The number of amides is 2. The van der Waals surface area contributed by atoms with E-state index < -0.39 is 0 Å². The molecule has 8 heteroatoms. The summed E-state index contributed by atoms with van der Waals surface area (Å²) in [6.45, 7) is 0.685. The lowest BCUT2D eigenvalue weighted by Gasteiger charge is -2.14. The van der Waals surface area contributed by atoms with E-state index in [1.807, 2.05) is 23.6 Å². The molecule has 0 spiro atoms. The Bertz CT molecular complexity index is 959. The van der Waals surface area contributed by atoms with Crippen LogP contribution in [-0.4, -0.2) is 56.9 Å². The predicted molar refractivity (Wildman–Crippen MR) is 91.5 cm³/mol. The summed E-state index contributed by atoms with van der Waals surface area (Å²) >= 11 is 0. The normalized spacial score (nSPS) is 13.6. The van der Waals surface area contributed by atoms with Crippen molar-refractivity contribution in [2.24, 2.45) is 0 Å². The number of aromatic nitrogens is 4. The number of rotatable bonds is 4. The Hall–Kier alpha value is -3.29. The van der Waals surface area contributed by atoms with Crippen molar-refractivity contribution < 1.29 is 9.59 Å². The standard InChI is InChI=1S/C17H16N6O2/c1-21(2)14-13-15(19-9-18-14)22(10-20-13)7-8-23-16(24)11-5-3-4-6-12(11)17(23)25/h3-6,9-10H,7-8H2,1-2H3. The molecule has 4 rings (SSSR count). The number of carbonyl (C=O) groups is 2. The van der Waals surface area contributed by atoms with Crippen LogP contribution in [0.2, 0.25) is 0 Å². The zero-order chi connectivity index (χ0) is 17.6. The zero-order valence-corrected chi connectivity index (χ0v) is 13.9. The second-order valence-electron chi connectivity index (χ2n) is 6.01. The van der Waals surface area contributed by atoms with Crippen molar-refractivity contribution in [3.63, 3.8) is 0 Å². The van der Waals surface area contributed by atoms with Crippen LogP contribution in [0.5, 0.6) is 0 Å². The summed E-state index contributed by atoms with van der Waals surface area (Å²) in [6, 6.07) is 6.88. The van der Waals surface area contributed by atoms with E-state index in [0.29, 0.717) is 28.8 Å². The summed E-state index contributed by atoms with van der Waals surface area (Å²) in [7, 11) is 3.78. The van der Waals surface area contributed by atoms with Crippen LogP contribution in [0.3, 0.4) is 0 Å². The summed E-state index contributed by atoms with van der Waals surface area (Å²) in [4.78, 5) is 40.9. The summed E-state index contributed by atoms with van der Waals surface area (Å²) in [5.74, 6) is 0.215. The van der Waals surface area contributed by atoms with Gasteiger partial charge in [0.15, 0.2) is 17.0 Å². The van der Waals surface area contributed by atoms with Crippen LogP contribution in [-0.2, 0) is 6.54 Å². The molecule has 0 saturated heterocycles. The molecule has 0 radical (unpaired) electrons. The quantitative estimate of drug-likeness (QED) is 0.666. The molecule has 3 heterocycles. The first-order valence-corrected chi connectivity index (χ1v) is 7.86. The molecule has 0 N–H and O–H groups in total. The van der Waals surface area contributed by atoms with Gasteiger partial charge in [-0.2, -0.15) is 0 Å². The van der Waals surface area contributed by atoms with Crippen molar-refractivity contribution in [1.29, 1.82) is 0 Å². The van der Waals surface area contributed by atoms with Crippen LogP contribution in [0.1, 0.15) is 20.7 Å². The van der Waals surface area contributed by atoms with Gasteiger partial charge < -0.3 is 9.47 Å². The number of nitrogens with zero attached hydrogens (tertiary/aromatic N) is 6. The number of anilines is 1. The first-order valence-electron chi connectivity index (χ1n) is 7.86. The van der Waals surface area contributed by atoms with Gasteiger partial charge in [-0.05, 0) is 12.1 Å². The molecule has 0 fully saturated rings. The lowest BCUT2D eigenvalue weighted by molar-refractivity contribution is 0.0649. The molecule has 8 nitrogen and oxygen atoms in total. The molecule has 1 aliphatic rings. The maximum atomic E-state index is 12.4. The Morgan fingerprint density at radius 3 is 2.28 bits per heavy atom. The van der Waals surface area contributed by atoms with Gasteiger partial charge in [0.05, 0.1) is 17.5 Å². The highest BCUT2D eigenvalue weighted by molar-refractivity contribution is 6.21. The molecule has 126 valence electrons. The lowest BCUT2D eigenvalue weighted by atomic mass is 10.1. The van der Waals surface area contributed by atoms with Crippen molar-refractivity contribution in [3.05, 3.63) is 48.0 Å². The molecular formula is C17H16N6O2. The van der Waals surface area contributed by atoms with E-state index in [2.05, 4.69) is 15.0 Å². The maximum absolute atomic E-state index is 12.4. The molecule has 3 aromatic rings. The van der Waals surface area contributed by atoms with Crippen LogP contribution in [0, 0.1) is 0 Å². The monoisotopic (exact) mass is 336 g/mol.